The van der Waals surface area contributed by atoms with Gasteiger partial charge in [-0.1, -0.05) is 18.6 Å². The summed E-state index contributed by atoms with van der Waals surface area (Å²) in [4.78, 5) is 0. The largest absolute Gasteiger partial charge is 0.396 e. The minimum absolute atomic E-state index is 0.0284. The van der Waals surface area contributed by atoms with Crippen LogP contribution in [0.4, 0.5) is 0 Å². The fourth-order valence-corrected chi connectivity index (χ4v) is 5.03. The number of aliphatic hydroxyl groups excluding tert-OH is 2. The van der Waals surface area contributed by atoms with Crippen molar-refractivity contribution in [1.82, 2.24) is 0 Å². The molecule has 2 N–H and O–H groups in total. The summed E-state index contributed by atoms with van der Waals surface area (Å²) < 4.78 is 12.0. The highest BCUT2D eigenvalue weighted by Crippen LogP contribution is 2.71. The number of hydrogen-bond acceptors (Lipinski definition) is 4. The molecule has 0 radical (unpaired) electrons. The molecule has 0 aromatic rings. The Morgan fingerprint density at radius 3 is 2.84 bits per heavy atom. The van der Waals surface area contributed by atoms with Gasteiger partial charge in [-0.15, -0.1) is 0 Å². The Bertz CT molecular complexity index is 455. The molecule has 0 aromatic carbocycles. The molecule has 0 amide bonds. The maximum atomic E-state index is 10.6. The molecule has 4 aliphatic rings. The van der Waals surface area contributed by atoms with E-state index in [1.807, 2.05) is 0 Å². The van der Waals surface area contributed by atoms with Crippen LogP contribution in [0.1, 0.15) is 33.1 Å². The van der Waals surface area contributed by atoms with Crippen LogP contribution >= 0.6 is 0 Å². The second kappa shape index (κ2) is 3.42. The average molecular weight is 266 g/mol. The summed E-state index contributed by atoms with van der Waals surface area (Å²) >= 11 is 0. The molecule has 6 atom stereocenters. The molecule has 0 aromatic heterocycles. The van der Waals surface area contributed by atoms with Crippen molar-refractivity contribution in [3.05, 3.63) is 11.6 Å². The number of rotatable bonds is 1. The van der Waals surface area contributed by atoms with E-state index in [1.165, 1.54) is 5.57 Å². The third kappa shape index (κ3) is 1.13. The van der Waals surface area contributed by atoms with Gasteiger partial charge in [0, 0.05) is 17.3 Å². The normalized spacial score (nSPS) is 58.9. The summed E-state index contributed by atoms with van der Waals surface area (Å²) in [5.74, 6) is 0. The van der Waals surface area contributed by atoms with Gasteiger partial charge in [0.25, 0.3) is 0 Å². The molecular formula is C15H22O4. The zero-order valence-electron chi connectivity index (χ0n) is 11.6. The van der Waals surface area contributed by atoms with Crippen LogP contribution < -0.4 is 0 Å². The van der Waals surface area contributed by atoms with Crippen molar-refractivity contribution >= 4 is 0 Å². The van der Waals surface area contributed by atoms with Gasteiger partial charge >= 0.3 is 0 Å². The third-order valence-electron chi connectivity index (χ3n) is 6.53. The zero-order valence-corrected chi connectivity index (χ0v) is 11.6. The number of fused-ring (bicyclic) bond motifs is 2. The SMILES string of the molecule is CC1=C[C@@H]2O[C@H]3C[C@@H](O)[C@](C)(C34CO4)[C@]2(CO)CC1. The fourth-order valence-electron chi connectivity index (χ4n) is 5.03. The maximum Gasteiger partial charge on any atom is 0.126 e. The summed E-state index contributed by atoms with van der Waals surface area (Å²) in [6.07, 6.45) is 4.03. The standard InChI is InChI=1S/C15H22O4/c1-9-3-4-14(7-16)11(5-9)19-12-6-10(17)13(14,2)15(12)8-18-15/h5,10-12,16-17H,3-4,6-8H2,1-2H3/t10-,11+,12+,13+,14+,15?/m1/s1. The maximum absolute atomic E-state index is 10.6. The Morgan fingerprint density at radius 2 is 2.21 bits per heavy atom. The Morgan fingerprint density at radius 1 is 1.47 bits per heavy atom. The Balaban J connectivity index is 1.89. The van der Waals surface area contributed by atoms with Crippen molar-refractivity contribution in [3.63, 3.8) is 0 Å². The van der Waals surface area contributed by atoms with E-state index in [0.717, 1.165) is 12.8 Å². The van der Waals surface area contributed by atoms with Crippen molar-refractivity contribution in [2.24, 2.45) is 10.8 Å². The first kappa shape index (κ1) is 12.3. The lowest BCUT2D eigenvalue weighted by Crippen LogP contribution is -2.66. The van der Waals surface area contributed by atoms with Crippen LogP contribution in [0.2, 0.25) is 0 Å². The van der Waals surface area contributed by atoms with Gasteiger partial charge in [0.2, 0.25) is 0 Å². The first-order valence-corrected chi connectivity index (χ1v) is 7.26. The lowest BCUT2D eigenvalue weighted by molar-refractivity contribution is -0.225. The molecule has 1 saturated carbocycles. The van der Waals surface area contributed by atoms with Crippen LogP contribution in [-0.4, -0.2) is 47.3 Å². The number of ether oxygens (including phenoxy) is 2. The summed E-state index contributed by atoms with van der Waals surface area (Å²) in [6.45, 7) is 4.92. The Hall–Kier alpha value is -0.420. The third-order valence-corrected chi connectivity index (χ3v) is 6.53. The van der Waals surface area contributed by atoms with E-state index in [1.54, 1.807) is 0 Å². The minimum Gasteiger partial charge on any atom is -0.396 e. The van der Waals surface area contributed by atoms with Crippen LogP contribution in [0, 0.1) is 10.8 Å². The van der Waals surface area contributed by atoms with E-state index >= 15 is 0 Å². The van der Waals surface area contributed by atoms with Gasteiger partial charge in [0.1, 0.15) is 5.60 Å². The molecule has 1 spiro atoms. The van der Waals surface area contributed by atoms with Crippen molar-refractivity contribution in [1.29, 1.82) is 0 Å². The fraction of sp³-hybridized carbons (Fsp3) is 0.867. The van der Waals surface area contributed by atoms with Crippen LogP contribution in [0.25, 0.3) is 0 Å². The second-order valence-electron chi connectivity index (χ2n) is 7.00. The van der Waals surface area contributed by atoms with Crippen molar-refractivity contribution < 1.29 is 19.7 Å². The lowest BCUT2D eigenvalue weighted by atomic mass is 9.51. The van der Waals surface area contributed by atoms with E-state index in [0.29, 0.717) is 13.0 Å². The van der Waals surface area contributed by atoms with Crippen molar-refractivity contribution in [3.8, 4) is 0 Å². The highest BCUT2D eigenvalue weighted by molar-refractivity contribution is 5.32. The summed E-state index contributed by atoms with van der Waals surface area (Å²) in [5.41, 5.74) is 0.152. The molecule has 2 saturated heterocycles. The van der Waals surface area contributed by atoms with E-state index < -0.39 is 16.9 Å². The van der Waals surface area contributed by atoms with Gasteiger partial charge < -0.3 is 19.7 Å². The van der Waals surface area contributed by atoms with Gasteiger partial charge in [-0.05, 0) is 19.8 Å². The first-order chi connectivity index (χ1) is 9.00. The van der Waals surface area contributed by atoms with Crippen LogP contribution in [0.5, 0.6) is 0 Å². The molecule has 19 heavy (non-hydrogen) atoms. The second-order valence-corrected chi connectivity index (χ2v) is 7.00. The van der Waals surface area contributed by atoms with E-state index in [2.05, 4.69) is 19.9 Å². The molecule has 2 aliphatic carbocycles. The molecule has 4 heteroatoms. The highest BCUT2D eigenvalue weighted by atomic mass is 16.6. The predicted molar refractivity (Wildman–Crippen MR) is 68.6 cm³/mol. The molecular weight excluding hydrogens is 244 g/mol. The topological polar surface area (TPSA) is 62.2 Å². The molecule has 106 valence electrons. The monoisotopic (exact) mass is 266 g/mol. The molecule has 2 heterocycles. The quantitative estimate of drug-likeness (QED) is 0.549. The van der Waals surface area contributed by atoms with Crippen LogP contribution in [0.15, 0.2) is 11.6 Å². The van der Waals surface area contributed by atoms with E-state index in [-0.39, 0.29) is 24.4 Å². The molecule has 1 unspecified atom stereocenters. The predicted octanol–water partition coefficient (Wildman–Crippen LogP) is 1.01. The van der Waals surface area contributed by atoms with E-state index in [4.69, 9.17) is 9.47 Å². The molecule has 2 aliphatic heterocycles. The van der Waals surface area contributed by atoms with Gasteiger partial charge in [-0.2, -0.15) is 0 Å². The molecule has 4 nitrogen and oxygen atoms in total. The van der Waals surface area contributed by atoms with Gasteiger partial charge in [-0.3, -0.25) is 0 Å². The van der Waals surface area contributed by atoms with Gasteiger partial charge in [0.05, 0.1) is 31.5 Å². The Kier molecular flexibility index (Phi) is 2.22. The molecule has 2 bridgehead atoms. The zero-order chi connectivity index (χ0) is 13.5. The minimum atomic E-state index is -0.455. The average Bonchev–Trinajstić information content (AvgIpc) is 3.15. The summed E-state index contributed by atoms with van der Waals surface area (Å²) in [6, 6.07) is 0. The first-order valence-electron chi connectivity index (χ1n) is 7.26. The van der Waals surface area contributed by atoms with E-state index in [9.17, 15) is 10.2 Å². The van der Waals surface area contributed by atoms with Crippen molar-refractivity contribution in [2.45, 2.75) is 57.0 Å². The van der Waals surface area contributed by atoms with Gasteiger partial charge in [-0.25, -0.2) is 0 Å². The molecule has 3 fully saturated rings. The van der Waals surface area contributed by atoms with Crippen LogP contribution in [0.3, 0.4) is 0 Å². The number of hydrogen-bond donors (Lipinski definition) is 2. The van der Waals surface area contributed by atoms with Gasteiger partial charge in [0.15, 0.2) is 0 Å². The summed E-state index contributed by atoms with van der Waals surface area (Å²) in [5, 5.41) is 20.8. The highest BCUT2D eigenvalue weighted by Gasteiger charge is 2.81. The Labute approximate surface area is 113 Å². The van der Waals surface area contributed by atoms with Crippen molar-refractivity contribution in [2.75, 3.05) is 13.2 Å². The summed E-state index contributed by atoms with van der Waals surface area (Å²) in [7, 11) is 0. The lowest BCUT2D eigenvalue weighted by Gasteiger charge is -2.58. The smallest absolute Gasteiger partial charge is 0.126 e. The van der Waals surface area contributed by atoms with Crippen LogP contribution in [-0.2, 0) is 9.47 Å². The number of aliphatic hydroxyl groups is 2. The molecule has 4 rings (SSSR count). The number of epoxide rings is 1. The number of allylic oxidation sites excluding steroid dienone is 1.